The van der Waals surface area contributed by atoms with E-state index in [1.807, 2.05) is 47.8 Å². The molecule has 0 bridgehead atoms. The Hall–Kier alpha value is -1.49. The average Bonchev–Trinajstić information content (AvgIpc) is 3.07. The lowest BCUT2D eigenvalue weighted by Crippen LogP contribution is -2.33. The minimum Gasteiger partial charge on any atom is -0.464 e. The van der Waals surface area contributed by atoms with Crippen molar-refractivity contribution in [3.05, 3.63) is 46.1 Å². The largest absolute Gasteiger partial charge is 0.464 e. The molecule has 3 rings (SSSR count). The van der Waals surface area contributed by atoms with Gasteiger partial charge in [0.2, 0.25) is 0 Å². The molecule has 0 spiro atoms. The van der Waals surface area contributed by atoms with Crippen molar-refractivity contribution in [1.82, 2.24) is 9.47 Å². The maximum atomic E-state index is 12.7. The highest BCUT2D eigenvalue weighted by Crippen LogP contribution is 2.30. The topological polar surface area (TPSA) is 38.4 Å². The van der Waals surface area contributed by atoms with E-state index in [1.165, 1.54) is 0 Å². The number of amides is 1. The van der Waals surface area contributed by atoms with Crippen molar-refractivity contribution >= 4 is 21.8 Å². The third kappa shape index (κ3) is 2.68. The Labute approximate surface area is 126 Å². The standard InChI is InChI=1S/C15H17BrN2O2/c1-10-3-6-13(20-10)9-18(12-4-5-12)15(19)14-7-11(16)8-17(14)2/h3,6-8,12H,4-5,9H2,1-2H3. The van der Waals surface area contributed by atoms with Gasteiger partial charge in [0, 0.05) is 23.8 Å². The van der Waals surface area contributed by atoms with Gasteiger partial charge in [0.05, 0.1) is 6.54 Å². The first-order valence-corrected chi connectivity index (χ1v) is 7.52. The van der Waals surface area contributed by atoms with Crippen molar-refractivity contribution in [2.75, 3.05) is 0 Å². The molecule has 2 heterocycles. The lowest BCUT2D eigenvalue weighted by Gasteiger charge is -2.21. The maximum absolute atomic E-state index is 12.7. The number of rotatable bonds is 4. The minimum absolute atomic E-state index is 0.0646. The van der Waals surface area contributed by atoms with E-state index in [0.29, 0.717) is 18.3 Å². The van der Waals surface area contributed by atoms with E-state index in [1.54, 1.807) is 0 Å². The smallest absolute Gasteiger partial charge is 0.271 e. The molecule has 0 N–H and O–H groups in total. The Bertz CT molecular complexity index is 640. The quantitative estimate of drug-likeness (QED) is 0.857. The van der Waals surface area contributed by atoms with Gasteiger partial charge >= 0.3 is 0 Å². The summed E-state index contributed by atoms with van der Waals surface area (Å²) in [4.78, 5) is 14.6. The van der Waals surface area contributed by atoms with Crippen molar-refractivity contribution in [3.8, 4) is 0 Å². The van der Waals surface area contributed by atoms with Gasteiger partial charge in [-0.2, -0.15) is 0 Å². The highest BCUT2D eigenvalue weighted by Gasteiger charge is 2.34. The molecule has 0 atom stereocenters. The molecule has 1 amide bonds. The molecular formula is C15H17BrN2O2. The average molecular weight is 337 g/mol. The predicted molar refractivity (Wildman–Crippen MR) is 79.5 cm³/mol. The summed E-state index contributed by atoms with van der Waals surface area (Å²) in [7, 11) is 1.89. The molecule has 2 aromatic heterocycles. The van der Waals surface area contributed by atoms with E-state index in [0.717, 1.165) is 28.8 Å². The Morgan fingerprint density at radius 3 is 2.75 bits per heavy atom. The van der Waals surface area contributed by atoms with E-state index < -0.39 is 0 Å². The van der Waals surface area contributed by atoms with Crippen LogP contribution in [-0.4, -0.2) is 21.4 Å². The first kappa shape index (κ1) is 13.5. The van der Waals surface area contributed by atoms with Crippen molar-refractivity contribution < 1.29 is 9.21 Å². The zero-order chi connectivity index (χ0) is 14.3. The fraction of sp³-hybridized carbons (Fsp3) is 0.400. The van der Waals surface area contributed by atoms with Crippen molar-refractivity contribution in [3.63, 3.8) is 0 Å². The summed E-state index contributed by atoms with van der Waals surface area (Å²) in [6, 6.07) is 6.09. The Morgan fingerprint density at radius 1 is 1.50 bits per heavy atom. The number of carbonyl (C=O) groups excluding carboxylic acids is 1. The molecule has 0 saturated heterocycles. The summed E-state index contributed by atoms with van der Waals surface area (Å²) >= 11 is 3.41. The summed E-state index contributed by atoms with van der Waals surface area (Å²) in [5, 5.41) is 0. The second kappa shape index (κ2) is 5.13. The maximum Gasteiger partial charge on any atom is 0.271 e. The molecule has 106 valence electrons. The van der Waals surface area contributed by atoms with E-state index >= 15 is 0 Å². The summed E-state index contributed by atoms with van der Waals surface area (Å²) in [6.07, 6.45) is 4.06. The van der Waals surface area contributed by atoms with Gasteiger partial charge in [-0.15, -0.1) is 0 Å². The molecule has 2 aromatic rings. The molecule has 0 aliphatic heterocycles. The van der Waals surface area contributed by atoms with Crippen LogP contribution in [0.4, 0.5) is 0 Å². The molecule has 1 fully saturated rings. The first-order chi connectivity index (χ1) is 9.54. The van der Waals surface area contributed by atoms with Crippen molar-refractivity contribution in [1.29, 1.82) is 0 Å². The van der Waals surface area contributed by atoms with E-state index in [2.05, 4.69) is 15.9 Å². The third-order valence-corrected chi connectivity index (χ3v) is 4.00. The fourth-order valence-corrected chi connectivity index (χ4v) is 2.90. The third-order valence-electron chi connectivity index (χ3n) is 3.56. The number of hydrogen-bond donors (Lipinski definition) is 0. The van der Waals surface area contributed by atoms with Crippen LogP contribution in [-0.2, 0) is 13.6 Å². The number of hydrogen-bond acceptors (Lipinski definition) is 2. The van der Waals surface area contributed by atoms with Gasteiger partial charge in [-0.05, 0) is 53.9 Å². The second-order valence-electron chi connectivity index (χ2n) is 5.33. The Balaban J connectivity index is 1.83. The fourth-order valence-electron chi connectivity index (χ4n) is 2.37. The number of nitrogens with zero attached hydrogens (tertiary/aromatic N) is 2. The number of furan rings is 1. The number of aromatic nitrogens is 1. The molecule has 0 radical (unpaired) electrons. The lowest BCUT2D eigenvalue weighted by molar-refractivity contribution is 0.0707. The van der Waals surface area contributed by atoms with Gasteiger partial charge in [-0.3, -0.25) is 4.79 Å². The Morgan fingerprint density at radius 2 is 2.25 bits per heavy atom. The van der Waals surface area contributed by atoms with Crippen molar-refractivity contribution in [2.45, 2.75) is 32.4 Å². The zero-order valence-corrected chi connectivity index (χ0v) is 13.2. The lowest BCUT2D eigenvalue weighted by atomic mass is 10.3. The number of carbonyl (C=O) groups is 1. The molecule has 20 heavy (non-hydrogen) atoms. The SMILES string of the molecule is Cc1ccc(CN(C(=O)c2cc(Br)cn2C)C2CC2)o1. The molecular weight excluding hydrogens is 320 g/mol. The summed E-state index contributed by atoms with van der Waals surface area (Å²) < 4.78 is 8.38. The minimum atomic E-state index is 0.0646. The molecule has 4 nitrogen and oxygen atoms in total. The van der Waals surface area contributed by atoms with Crippen LogP contribution in [0.5, 0.6) is 0 Å². The highest BCUT2D eigenvalue weighted by molar-refractivity contribution is 9.10. The van der Waals surface area contributed by atoms with E-state index in [9.17, 15) is 4.79 Å². The highest BCUT2D eigenvalue weighted by atomic mass is 79.9. The monoisotopic (exact) mass is 336 g/mol. The first-order valence-electron chi connectivity index (χ1n) is 6.73. The normalized spacial score (nSPS) is 14.6. The number of aryl methyl sites for hydroxylation is 2. The van der Waals surface area contributed by atoms with Gasteiger partial charge in [0.25, 0.3) is 5.91 Å². The van der Waals surface area contributed by atoms with Gasteiger partial charge in [0.1, 0.15) is 17.2 Å². The molecule has 1 aliphatic rings. The molecule has 0 unspecified atom stereocenters. The molecule has 1 saturated carbocycles. The molecule has 5 heteroatoms. The van der Waals surface area contributed by atoms with Crippen molar-refractivity contribution in [2.24, 2.45) is 7.05 Å². The van der Waals surface area contributed by atoms with Crippen LogP contribution in [0.2, 0.25) is 0 Å². The van der Waals surface area contributed by atoms with E-state index in [4.69, 9.17) is 4.42 Å². The number of halogens is 1. The molecule has 1 aliphatic carbocycles. The second-order valence-corrected chi connectivity index (χ2v) is 6.25. The van der Waals surface area contributed by atoms with Gasteiger partial charge in [-0.1, -0.05) is 0 Å². The van der Waals surface area contributed by atoms with Gasteiger partial charge < -0.3 is 13.9 Å². The zero-order valence-electron chi connectivity index (χ0n) is 11.6. The Kier molecular flexibility index (Phi) is 3.46. The van der Waals surface area contributed by atoms with Crippen LogP contribution in [0.15, 0.2) is 33.3 Å². The van der Waals surface area contributed by atoms with Crippen LogP contribution in [0.3, 0.4) is 0 Å². The predicted octanol–water partition coefficient (Wildman–Crippen LogP) is 3.49. The summed E-state index contributed by atoms with van der Waals surface area (Å²) in [5.74, 6) is 1.79. The van der Waals surface area contributed by atoms with Crippen LogP contribution < -0.4 is 0 Å². The van der Waals surface area contributed by atoms with Gasteiger partial charge in [0.15, 0.2) is 0 Å². The summed E-state index contributed by atoms with van der Waals surface area (Å²) in [6.45, 7) is 2.46. The van der Waals surface area contributed by atoms with Crippen LogP contribution in [0.25, 0.3) is 0 Å². The van der Waals surface area contributed by atoms with Crippen LogP contribution >= 0.6 is 15.9 Å². The van der Waals surface area contributed by atoms with Crippen LogP contribution in [0.1, 0.15) is 34.9 Å². The van der Waals surface area contributed by atoms with E-state index in [-0.39, 0.29) is 5.91 Å². The van der Waals surface area contributed by atoms with Gasteiger partial charge in [-0.25, -0.2) is 0 Å². The van der Waals surface area contributed by atoms with Crippen LogP contribution in [0, 0.1) is 6.92 Å². The summed E-state index contributed by atoms with van der Waals surface area (Å²) in [5.41, 5.74) is 0.701. The molecule has 0 aromatic carbocycles.